The van der Waals surface area contributed by atoms with Crippen molar-refractivity contribution in [2.75, 3.05) is 0 Å². The van der Waals surface area contributed by atoms with Crippen LogP contribution < -0.4 is 0 Å². The molecule has 104 valence electrons. The molecular formula is C18H10BrN3. The molecule has 4 heteroatoms. The van der Waals surface area contributed by atoms with Crippen LogP contribution in [0, 0.1) is 0 Å². The van der Waals surface area contributed by atoms with E-state index in [2.05, 4.69) is 55.6 Å². The lowest BCUT2D eigenvalue weighted by Crippen LogP contribution is -1.92. The minimum atomic E-state index is 0.970. The maximum absolute atomic E-state index is 4.85. The van der Waals surface area contributed by atoms with Crippen LogP contribution in [-0.2, 0) is 0 Å². The molecule has 3 heterocycles. The van der Waals surface area contributed by atoms with E-state index >= 15 is 0 Å². The van der Waals surface area contributed by atoms with Gasteiger partial charge in [-0.25, -0.2) is 4.98 Å². The van der Waals surface area contributed by atoms with Crippen molar-refractivity contribution >= 4 is 54.3 Å². The highest BCUT2D eigenvalue weighted by molar-refractivity contribution is 9.10. The smallest absolute Gasteiger partial charge is 0.146 e. The first-order valence-corrected chi connectivity index (χ1v) is 7.84. The van der Waals surface area contributed by atoms with Gasteiger partial charge in [0, 0.05) is 21.4 Å². The van der Waals surface area contributed by atoms with Crippen LogP contribution in [0.1, 0.15) is 0 Å². The maximum atomic E-state index is 4.85. The molecule has 0 aliphatic carbocycles. The van der Waals surface area contributed by atoms with Gasteiger partial charge in [0.05, 0.1) is 22.7 Å². The predicted molar refractivity (Wildman–Crippen MR) is 93.2 cm³/mol. The lowest BCUT2D eigenvalue weighted by molar-refractivity contribution is 1.27. The van der Waals surface area contributed by atoms with Crippen LogP contribution >= 0.6 is 15.9 Å². The summed E-state index contributed by atoms with van der Waals surface area (Å²) in [6.07, 6.45) is 3.76. The van der Waals surface area contributed by atoms with Crippen LogP contribution in [0.3, 0.4) is 0 Å². The highest BCUT2D eigenvalue weighted by Gasteiger charge is 2.13. The molecule has 0 saturated carbocycles. The first-order valence-electron chi connectivity index (χ1n) is 7.05. The average Bonchev–Trinajstić information content (AvgIpc) is 2.95. The van der Waals surface area contributed by atoms with Crippen molar-refractivity contribution in [2.24, 2.45) is 0 Å². The number of hydrogen-bond donors (Lipinski definition) is 0. The molecule has 22 heavy (non-hydrogen) atoms. The van der Waals surface area contributed by atoms with Crippen molar-refractivity contribution in [3.63, 3.8) is 0 Å². The van der Waals surface area contributed by atoms with Crippen LogP contribution in [0.25, 0.3) is 38.4 Å². The van der Waals surface area contributed by atoms with Crippen LogP contribution in [0.15, 0.2) is 65.4 Å². The monoisotopic (exact) mass is 347 g/mol. The number of para-hydroxylation sites is 2. The van der Waals surface area contributed by atoms with Crippen molar-refractivity contribution in [1.29, 1.82) is 0 Å². The largest absolute Gasteiger partial charge is 0.290 e. The molecule has 0 aliphatic rings. The Balaban J connectivity index is 2.23. The van der Waals surface area contributed by atoms with E-state index in [-0.39, 0.29) is 0 Å². The third-order valence-corrected chi connectivity index (χ3v) is 4.61. The second kappa shape index (κ2) is 4.27. The van der Waals surface area contributed by atoms with Crippen molar-refractivity contribution < 1.29 is 0 Å². The molecule has 0 spiro atoms. The van der Waals surface area contributed by atoms with Gasteiger partial charge in [-0.3, -0.25) is 9.38 Å². The lowest BCUT2D eigenvalue weighted by Gasteiger charge is -2.08. The Labute approximate surface area is 134 Å². The van der Waals surface area contributed by atoms with E-state index in [1.807, 2.05) is 30.6 Å². The summed E-state index contributed by atoms with van der Waals surface area (Å²) in [5.41, 5.74) is 4.16. The highest BCUT2D eigenvalue weighted by atomic mass is 79.9. The summed E-state index contributed by atoms with van der Waals surface area (Å²) in [5, 5.41) is 3.53. The molecular weight excluding hydrogens is 338 g/mol. The summed E-state index contributed by atoms with van der Waals surface area (Å²) in [4.78, 5) is 9.16. The van der Waals surface area contributed by atoms with Crippen LogP contribution in [-0.4, -0.2) is 14.4 Å². The fourth-order valence-corrected chi connectivity index (χ4v) is 3.54. The van der Waals surface area contributed by atoms with E-state index < -0.39 is 0 Å². The molecule has 0 N–H and O–H groups in total. The quantitative estimate of drug-likeness (QED) is 0.371. The fraction of sp³-hybridized carbons (Fsp3) is 0. The van der Waals surface area contributed by atoms with Gasteiger partial charge in [-0.05, 0) is 35.7 Å². The summed E-state index contributed by atoms with van der Waals surface area (Å²) in [6.45, 7) is 0. The van der Waals surface area contributed by atoms with E-state index in [9.17, 15) is 0 Å². The number of aromatic nitrogens is 3. The second-order valence-electron chi connectivity index (χ2n) is 5.34. The molecule has 5 aromatic rings. The predicted octanol–water partition coefficient (Wildman–Crippen LogP) is 4.95. The number of imidazole rings is 1. The normalized spacial score (nSPS) is 11.9. The second-order valence-corrected chi connectivity index (χ2v) is 6.26. The number of benzene rings is 2. The Bertz CT molecular complexity index is 1190. The van der Waals surface area contributed by atoms with E-state index in [4.69, 9.17) is 4.98 Å². The van der Waals surface area contributed by atoms with Crippen molar-refractivity contribution in [2.45, 2.75) is 0 Å². The maximum Gasteiger partial charge on any atom is 0.146 e. The number of nitrogens with zero attached hydrogens (tertiary/aromatic N) is 3. The third kappa shape index (κ3) is 1.50. The topological polar surface area (TPSA) is 30.2 Å². The minimum Gasteiger partial charge on any atom is -0.290 e. The molecule has 2 aromatic carbocycles. The molecule has 0 aliphatic heterocycles. The van der Waals surface area contributed by atoms with E-state index in [1.165, 1.54) is 10.8 Å². The summed E-state index contributed by atoms with van der Waals surface area (Å²) in [7, 11) is 0. The number of fused-ring (bicyclic) bond motifs is 8. The first-order chi connectivity index (χ1) is 10.8. The van der Waals surface area contributed by atoms with Crippen molar-refractivity contribution in [1.82, 2.24) is 14.4 Å². The number of pyridine rings is 2. The third-order valence-electron chi connectivity index (χ3n) is 4.11. The van der Waals surface area contributed by atoms with Gasteiger partial charge in [-0.15, -0.1) is 0 Å². The van der Waals surface area contributed by atoms with E-state index in [1.54, 1.807) is 0 Å². The molecule has 3 nitrogen and oxygen atoms in total. The molecule has 0 atom stereocenters. The molecule has 3 aromatic heterocycles. The van der Waals surface area contributed by atoms with Crippen molar-refractivity contribution in [3.8, 4) is 0 Å². The first kappa shape index (κ1) is 12.1. The molecule has 5 rings (SSSR count). The zero-order valence-corrected chi connectivity index (χ0v) is 13.1. The zero-order valence-electron chi connectivity index (χ0n) is 11.5. The zero-order chi connectivity index (χ0) is 14.7. The highest BCUT2D eigenvalue weighted by Crippen LogP contribution is 2.33. The molecule has 0 fully saturated rings. The molecule has 0 unspecified atom stereocenters. The van der Waals surface area contributed by atoms with Crippen LogP contribution in [0.4, 0.5) is 0 Å². The van der Waals surface area contributed by atoms with Gasteiger partial charge in [0.1, 0.15) is 5.65 Å². The molecule has 0 bridgehead atoms. The van der Waals surface area contributed by atoms with Gasteiger partial charge in [0.15, 0.2) is 0 Å². The Morgan fingerprint density at radius 1 is 0.864 bits per heavy atom. The standard InChI is InChI=1S/C18H10BrN3/c19-11-5-6-12-13-7-8-20-10-17(13)22-16-4-2-1-3-15(16)21-18(22)14(12)9-11/h1-10H. The number of halogens is 1. The SMILES string of the molecule is Brc1ccc2c3ccncc3n3c4ccccc4nc3c2c1. The van der Waals surface area contributed by atoms with E-state index in [0.29, 0.717) is 0 Å². The summed E-state index contributed by atoms with van der Waals surface area (Å²) >= 11 is 3.58. The Morgan fingerprint density at radius 2 is 1.77 bits per heavy atom. The average molecular weight is 348 g/mol. The Morgan fingerprint density at radius 3 is 2.73 bits per heavy atom. The van der Waals surface area contributed by atoms with Gasteiger partial charge in [0.25, 0.3) is 0 Å². The van der Waals surface area contributed by atoms with Gasteiger partial charge < -0.3 is 0 Å². The van der Waals surface area contributed by atoms with Crippen molar-refractivity contribution in [3.05, 3.63) is 65.4 Å². The summed E-state index contributed by atoms with van der Waals surface area (Å²) < 4.78 is 3.26. The van der Waals surface area contributed by atoms with Crippen LogP contribution in [0.5, 0.6) is 0 Å². The minimum absolute atomic E-state index is 0.970. The molecule has 0 saturated heterocycles. The summed E-state index contributed by atoms with van der Waals surface area (Å²) in [5.74, 6) is 0. The lowest BCUT2D eigenvalue weighted by atomic mass is 10.1. The van der Waals surface area contributed by atoms with E-state index in [0.717, 1.165) is 32.1 Å². The Hall–Kier alpha value is -2.46. The van der Waals surface area contributed by atoms with Gasteiger partial charge in [-0.2, -0.15) is 0 Å². The number of rotatable bonds is 0. The van der Waals surface area contributed by atoms with Gasteiger partial charge in [0.2, 0.25) is 0 Å². The molecule has 0 radical (unpaired) electrons. The molecule has 0 amide bonds. The summed E-state index contributed by atoms with van der Waals surface area (Å²) in [6, 6.07) is 16.6. The fourth-order valence-electron chi connectivity index (χ4n) is 3.18. The van der Waals surface area contributed by atoms with Gasteiger partial charge >= 0.3 is 0 Å². The number of hydrogen-bond acceptors (Lipinski definition) is 2. The van der Waals surface area contributed by atoms with Crippen LogP contribution in [0.2, 0.25) is 0 Å². The Kier molecular flexibility index (Phi) is 2.35. The van der Waals surface area contributed by atoms with Gasteiger partial charge in [-0.1, -0.05) is 34.1 Å².